The lowest BCUT2D eigenvalue weighted by Gasteiger charge is -2.32. The fraction of sp³-hybridized carbons (Fsp3) is 0.500. The van der Waals surface area contributed by atoms with Gasteiger partial charge in [-0.2, -0.15) is 0 Å². The average Bonchev–Trinajstić information content (AvgIpc) is 3.04. The number of carbonyl (C=O) groups excluding carboxylic acids is 1. The van der Waals surface area contributed by atoms with Crippen LogP contribution in [0.4, 0.5) is 0 Å². The molecule has 3 rings (SSSR count). The maximum absolute atomic E-state index is 12.5. The van der Waals surface area contributed by atoms with Crippen molar-refractivity contribution in [1.82, 2.24) is 14.9 Å². The molecule has 2 aromatic rings. The van der Waals surface area contributed by atoms with E-state index < -0.39 is 0 Å². The summed E-state index contributed by atoms with van der Waals surface area (Å²) in [6, 6.07) is 5.82. The number of pyridine rings is 1. The van der Waals surface area contributed by atoms with Crippen molar-refractivity contribution >= 4 is 17.2 Å². The number of aryl methyl sites for hydroxylation is 2. The Labute approximate surface area is 146 Å². The zero-order chi connectivity index (χ0) is 16.8. The van der Waals surface area contributed by atoms with Crippen LogP contribution in [0.25, 0.3) is 0 Å². The van der Waals surface area contributed by atoms with Crippen LogP contribution in [0, 0.1) is 6.92 Å². The van der Waals surface area contributed by atoms with Crippen LogP contribution in [0.5, 0.6) is 0 Å². The minimum Gasteiger partial charge on any atom is -0.370 e. The van der Waals surface area contributed by atoms with Crippen LogP contribution in [0.3, 0.4) is 0 Å². The molecular formula is C18H23N3O2S. The van der Waals surface area contributed by atoms with E-state index in [2.05, 4.69) is 9.97 Å². The lowest BCUT2D eigenvalue weighted by molar-refractivity contribution is -0.135. The first-order valence-electron chi connectivity index (χ1n) is 8.40. The Balaban J connectivity index is 1.46. The zero-order valence-electron chi connectivity index (χ0n) is 14.0. The highest BCUT2D eigenvalue weighted by Crippen LogP contribution is 2.18. The second-order valence-electron chi connectivity index (χ2n) is 6.10. The van der Waals surface area contributed by atoms with Gasteiger partial charge in [-0.05, 0) is 38.3 Å². The van der Waals surface area contributed by atoms with Crippen molar-refractivity contribution < 1.29 is 9.53 Å². The topological polar surface area (TPSA) is 55.3 Å². The molecule has 24 heavy (non-hydrogen) atoms. The highest BCUT2D eigenvalue weighted by Gasteiger charge is 2.24. The molecule has 1 aliphatic heterocycles. The number of piperidine rings is 1. The molecule has 0 aliphatic carbocycles. The van der Waals surface area contributed by atoms with Crippen LogP contribution in [-0.2, 0) is 22.6 Å². The molecule has 0 unspecified atom stereocenters. The molecule has 3 heterocycles. The van der Waals surface area contributed by atoms with Gasteiger partial charge >= 0.3 is 0 Å². The number of amides is 1. The minimum absolute atomic E-state index is 0.106. The Morgan fingerprint density at radius 1 is 1.42 bits per heavy atom. The van der Waals surface area contributed by atoms with Crippen molar-refractivity contribution in [3.8, 4) is 0 Å². The maximum atomic E-state index is 12.5. The van der Waals surface area contributed by atoms with Crippen molar-refractivity contribution in [2.75, 3.05) is 13.1 Å². The van der Waals surface area contributed by atoms with Gasteiger partial charge in [-0.1, -0.05) is 6.07 Å². The average molecular weight is 345 g/mol. The molecule has 0 bridgehead atoms. The van der Waals surface area contributed by atoms with Crippen molar-refractivity contribution in [2.24, 2.45) is 0 Å². The van der Waals surface area contributed by atoms with Crippen molar-refractivity contribution in [3.05, 3.63) is 46.2 Å². The van der Waals surface area contributed by atoms with E-state index in [0.29, 0.717) is 19.6 Å². The van der Waals surface area contributed by atoms with Crippen molar-refractivity contribution in [1.29, 1.82) is 0 Å². The third-order valence-corrected chi connectivity index (χ3v) is 5.33. The van der Waals surface area contributed by atoms with E-state index in [1.807, 2.05) is 35.5 Å². The molecule has 1 atom stereocenters. The molecule has 6 heteroatoms. The SMILES string of the molecule is Cc1ncsc1CCC(=O)N1CCC[C@H](OCc2ccccn2)C1. The number of nitrogens with zero attached hydrogens (tertiary/aromatic N) is 3. The van der Waals surface area contributed by atoms with Gasteiger partial charge in [0, 0.05) is 30.6 Å². The fourth-order valence-electron chi connectivity index (χ4n) is 2.93. The standard InChI is InChI=1S/C18H23N3O2S/c1-14-17(24-13-20-14)7-8-18(22)21-10-4-6-16(11-21)23-12-15-5-2-3-9-19-15/h2-3,5,9,13,16H,4,6-8,10-12H2,1H3/t16-/m0/s1. The van der Waals surface area contributed by atoms with Gasteiger partial charge in [0.15, 0.2) is 0 Å². The summed E-state index contributed by atoms with van der Waals surface area (Å²) in [5, 5.41) is 0. The van der Waals surface area contributed by atoms with Gasteiger partial charge < -0.3 is 9.64 Å². The summed E-state index contributed by atoms with van der Waals surface area (Å²) in [5.41, 5.74) is 3.82. The fourth-order valence-corrected chi connectivity index (χ4v) is 3.71. The molecule has 0 aromatic carbocycles. The number of aromatic nitrogens is 2. The van der Waals surface area contributed by atoms with E-state index in [-0.39, 0.29) is 12.0 Å². The van der Waals surface area contributed by atoms with Gasteiger partial charge in [-0.25, -0.2) is 4.98 Å². The second-order valence-corrected chi connectivity index (χ2v) is 7.04. The molecular weight excluding hydrogens is 322 g/mol. The first kappa shape index (κ1) is 17.0. The zero-order valence-corrected chi connectivity index (χ0v) is 14.8. The summed E-state index contributed by atoms with van der Waals surface area (Å²) >= 11 is 1.63. The Bertz CT molecular complexity index is 659. The van der Waals surface area contributed by atoms with Crippen LogP contribution < -0.4 is 0 Å². The molecule has 2 aromatic heterocycles. The molecule has 0 spiro atoms. The molecule has 1 saturated heterocycles. The van der Waals surface area contributed by atoms with Crippen LogP contribution in [0.1, 0.15) is 35.5 Å². The van der Waals surface area contributed by atoms with Gasteiger partial charge in [-0.3, -0.25) is 9.78 Å². The summed E-state index contributed by atoms with van der Waals surface area (Å²) in [4.78, 5) is 24.1. The molecule has 5 nitrogen and oxygen atoms in total. The molecule has 0 N–H and O–H groups in total. The normalized spacial score (nSPS) is 17.9. The van der Waals surface area contributed by atoms with Crippen LogP contribution in [-0.4, -0.2) is 40.0 Å². The van der Waals surface area contributed by atoms with Gasteiger partial charge in [0.2, 0.25) is 5.91 Å². The van der Waals surface area contributed by atoms with E-state index >= 15 is 0 Å². The molecule has 128 valence electrons. The van der Waals surface area contributed by atoms with Crippen LogP contribution >= 0.6 is 11.3 Å². The first-order valence-corrected chi connectivity index (χ1v) is 9.28. The molecule has 1 fully saturated rings. The van der Waals surface area contributed by atoms with Gasteiger partial charge in [0.1, 0.15) is 0 Å². The lowest BCUT2D eigenvalue weighted by Crippen LogP contribution is -2.43. The number of carbonyl (C=O) groups is 1. The number of rotatable bonds is 6. The summed E-state index contributed by atoms with van der Waals surface area (Å²) in [6.07, 6.45) is 5.22. The number of hydrogen-bond acceptors (Lipinski definition) is 5. The number of thiazole rings is 1. The highest BCUT2D eigenvalue weighted by molar-refractivity contribution is 7.09. The molecule has 0 saturated carbocycles. The summed E-state index contributed by atoms with van der Waals surface area (Å²) < 4.78 is 5.95. The third kappa shape index (κ3) is 4.61. The van der Waals surface area contributed by atoms with Crippen LogP contribution in [0.2, 0.25) is 0 Å². The molecule has 1 aliphatic rings. The highest BCUT2D eigenvalue weighted by atomic mass is 32.1. The maximum Gasteiger partial charge on any atom is 0.223 e. The van der Waals surface area contributed by atoms with E-state index in [1.165, 1.54) is 4.88 Å². The molecule has 1 amide bonds. The Morgan fingerprint density at radius 3 is 3.08 bits per heavy atom. The summed E-state index contributed by atoms with van der Waals surface area (Å²) in [5.74, 6) is 0.217. The van der Waals surface area contributed by atoms with Crippen molar-refractivity contribution in [2.45, 2.75) is 45.3 Å². The summed E-state index contributed by atoms with van der Waals surface area (Å²) in [6.45, 7) is 4.03. The van der Waals surface area contributed by atoms with E-state index in [4.69, 9.17) is 4.74 Å². The second kappa shape index (κ2) is 8.35. The van der Waals surface area contributed by atoms with Gasteiger partial charge in [0.25, 0.3) is 0 Å². The van der Waals surface area contributed by atoms with Gasteiger partial charge in [-0.15, -0.1) is 11.3 Å². The van der Waals surface area contributed by atoms with E-state index in [9.17, 15) is 4.79 Å². The smallest absolute Gasteiger partial charge is 0.223 e. The molecule has 0 radical (unpaired) electrons. The predicted molar refractivity (Wildman–Crippen MR) is 93.8 cm³/mol. The Morgan fingerprint density at radius 2 is 2.33 bits per heavy atom. The van der Waals surface area contributed by atoms with Gasteiger partial charge in [0.05, 0.1) is 29.6 Å². The third-order valence-electron chi connectivity index (χ3n) is 4.33. The van der Waals surface area contributed by atoms with E-state index in [1.54, 1.807) is 17.5 Å². The Hall–Kier alpha value is -1.79. The first-order chi connectivity index (χ1) is 11.7. The summed E-state index contributed by atoms with van der Waals surface area (Å²) in [7, 11) is 0. The van der Waals surface area contributed by atoms with Crippen LogP contribution in [0.15, 0.2) is 29.9 Å². The quantitative estimate of drug-likeness (QED) is 0.808. The number of likely N-dealkylation sites (tertiary alicyclic amines) is 1. The number of hydrogen-bond donors (Lipinski definition) is 0. The van der Waals surface area contributed by atoms with Crippen molar-refractivity contribution in [3.63, 3.8) is 0 Å². The van der Waals surface area contributed by atoms with E-state index in [0.717, 1.165) is 37.2 Å². The largest absolute Gasteiger partial charge is 0.370 e. The monoisotopic (exact) mass is 345 g/mol. The number of ether oxygens (including phenoxy) is 1. The Kier molecular flexibility index (Phi) is 5.93. The predicted octanol–water partition coefficient (Wildman–Crippen LogP) is 2.99. The lowest BCUT2D eigenvalue weighted by atomic mass is 10.1. The minimum atomic E-state index is 0.106.